The van der Waals surface area contributed by atoms with Crippen molar-refractivity contribution in [2.75, 3.05) is 13.2 Å². The number of carbonyl (C=O) groups excluding carboxylic acids is 1. The average Bonchev–Trinajstić information content (AvgIpc) is 2.93. The number of hydrogen-bond donors (Lipinski definition) is 3. The summed E-state index contributed by atoms with van der Waals surface area (Å²) < 4.78 is 16.2. The van der Waals surface area contributed by atoms with Gasteiger partial charge in [-0.2, -0.15) is 0 Å². The topological polar surface area (TPSA) is 97.3 Å². The maximum absolute atomic E-state index is 11.4. The van der Waals surface area contributed by atoms with E-state index < -0.39 is 30.1 Å². The molecular weight excluding hydrogens is 278 g/mol. The van der Waals surface area contributed by atoms with Gasteiger partial charge in [0.25, 0.3) is 0 Å². The summed E-state index contributed by atoms with van der Waals surface area (Å²) in [7, 11) is 0. The van der Waals surface area contributed by atoms with Gasteiger partial charge < -0.3 is 24.4 Å². The smallest absolute Gasteiger partial charge is 0.410 e. The summed E-state index contributed by atoms with van der Waals surface area (Å²) in [6, 6.07) is 9.54. The van der Waals surface area contributed by atoms with Crippen LogP contribution in [0.25, 0.3) is 0 Å². The molecule has 3 N–H and O–H groups in total. The number of rotatable bonds is 5. The lowest BCUT2D eigenvalue weighted by molar-refractivity contribution is -0.124. The van der Waals surface area contributed by atoms with Crippen molar-refractivity contribution in [2.45, 2.75) is 30.6 Å². The third-order valence-corrected chi connectivity index (χ3v) is 3.67. The van der Waals surface area contributed by atoms with Crippen LogP contribution in [0.2, 0.25) is 0 Å². The fraction of sp³-hybridized carbons (Fsp3) is 0.500. The molecule has 4 atom stereocenters. The van der Waals surface area contributed by atoms with Crippen LogP contribution in [-0.2, 0) is 20.8 Å². The molecule has 1 aromatic rings. The lowest BCUT2D eigenvalue weighted by atomic mass is 10.0. The van der Waals surface area contributed by atoms with E-state index in [9.17, 15) is 15.0 Å². The summed E-state index contributed by atoms with van der Waals surface area (Å²) in [5.41, 5.74) is -0.272. The zero-order valence-corrected chi connectivity index (χ0v) is 11.3. The number of fused-ring (bicyclic) bond motifs is 1. The fourth-order valence-corrected chi connectivity index (χ4v) is 2.65. The highest BCUT2D eigenvalue weighted by Crippen LogP contribution is 2.36. The van der Waals surface area contributed by atoms with Crippen molar-refractivity contribution in [3.05, 3.63) is 35.9 Å². The first-order valence-electron chi connectivity index (χ1n) is 6.72. The minimum Gasteiger partial charge on any atom is -0.438 e. The van der Waals surface area contributed by atoms with Gasteiger partial charge in [-0.15, -0.1) is 0 Å². The van der Waals surface area contributed by atoms with Crippen molar-refractivity contribution >= 4 is 6.09 Å². The Kier molecular flexibility index (Phi) is 3.81. The average molecular weight is 295 g/mol. The summed E-state index contributed by atoms with van der Waals surface area (Å²) in [5, 5.41) is 21.7. The van der Waals surface area contributed by atoms with E-state index in [0.717, 1.165) is 5.56 Å². The van der Waals surface area contributed by atoms with Crippen LogP contribution in [-0.4, -0.2) is 53.6 Å². The van der Waals surface area contributed by atoms with Crippen molar-refractivity contribution in [3.63, 3.8) is 0 Å². The first-order valence-corrected chi connectivity index (χ1v) is 6.72. The first-order chi connectivity index (χ1) is 10.1. The molecule has 2 aliphatic heterocycles. The van der Waals surface area contributed by atoms with E-state index in [0.29, 0.717) is 6.61 Å². The Morgan fingerprint density at radius 2 is 2.10 bits per heavy atom. The third-order valence-electron chi connectivity index (χ3n) is 3.67. The molecule has 0 spiro atoms. The Morgan fingerprint density at radius 1 is 1.33 bits per heavy atom. The number of hydrogen-bond acceptors (Lipinski definition) is 6. The molecule has 0 radical (unpaired) electrons. The van der Waals surface area contributed by atoms with Crippen LogP contribution in [0.5, 0.6) is 0 Å². The summed E-state index contributed by atoms with van der Waals surface area (Å²) >= 11 is 0. The van der Waals surface area contributed by atoms with E-state index in [1.807, 2.05) is 30.3 Å². The number of nitrogens with one attached hydrogen (secondary N) is 1. The first kappa shape index (κ1) is 14.3. The van der Waals surface area contributed by atoms with Crippen LogP contribution in [0.1, 0.15) is 5.56 Å². The summed E-state index contributed by atoms with van der Waals surface area (Å²) in [4.78, 5) is 11.4. The number of aliphatic hydroxyl groups excluding tert-OH is 2. The van der Waals surface area contributed by atoms with Gasteiger partial charge >= 0.3 is 6.09 Å². The predicted octanol–water partition coefficient (Wildman–Crippen LogP) is -0.240. The summed E-state index contributed by atoms with van der Waals surface area (Å²) in [6.45, 7) is -0.00236. The normalized spacial score (nSPS) is 34.4. The van der Waals surface area contributed by atoms with Crippen LogP contribution >= 0.6 is 0 Å². The van der Waals surface area contributed by atoms with Gasteiger partial charge in [0.2, 0.25) is 5.72 Å². The van der Waals surface area contributed by atoms with E-state index in [4.69, 9.17) is 14.2 Å². The Labute approximate surface area is 121 Å². The minimum atomic E-state index is -1.25. The zero-order chi connectivity index (χ0) is 14.9. The van der Waals surface area contributed by atoms with Gasteiger partial charge in [-0.1, -0.05) is 30.3 Å². The van der Waals surface area contributed by atoms with E-state index in [1.165, 1.54) is 0 Å². The molecule has 1 amide bonds. The Bertz CT molecular complexity index is 509. The van der Waals surface area contributed by atoms with E-state index in [-0.39, 0.29) is 13.2 Å². The minimum absolute atomic E-state index is 0.0197. The highest BCUT2D eigenvalue weighted by molar-refractivity contribution is 5.71. The van der Waals surface area contributed by atoms with Crippen molar-refractivity contribution in [2.24, 2.45) is 0 Å². The Morgan fingerprint density at radius 3 is 2.81 bits per heavy atom. The second kappa shape index (κ2) is 5.61. The molecule has 2 aliphatic rings. The van der Waals surface area contributed by atoms with Gasteiger partial charge in [0.15, 0.2) is 6.10 Å². The molecule has 2 saturated heterocycles. The lowest BCUT2D eigenvalue weighted by Gasteiger charge is -2.25. The SMILES string of the molecule is O=C1N[C@]2(COCc3ccccc3)O[C@@H](CO)[C@@H](O)[C@@H]2O1. The molecule has 2 heterocycles. The number of benzene rings is 1. The fourth-order valence-electron chi connectivity index (χ4n) is 2.65. The van der Waals surface area contributed by atoms with Crippen molar-refractivity contribution in [1.29, 1.82) is 0 Å². The quantitative estimate of drug-likeness (QED) is 0.693. The Balaban J connectivity index is 1.66. The molecule has 114 valence electrons. The van der Waals surface area contributed by atoms with Crippen molar-refractivity contribution < 1.29 is 29.2 Å². The molecule has 3 rings (SSSR count). The van der Waals surface area contributed by atoms with Crippen LogP contribution < -0.4 is 5.32 Å². The standard InChI is InChI=1S/C14H17NO6/c16-6-10-11(17)12-14(21-10,15-13(18)20-12)8-19-7-9-4-2-1-3-5-9/h1-5,10-12,16-17H,6-8H2,(H,15,18)/t10-,11+,12-,14+/m0/s1. The highest BCUT2D eigenvalue weighted by Gasteiger charge is 2.62. The lowest BCUT2D eigenvalue weighted by Crippen LogP contribution is -2.52. The molecule has 1 aromatic carbocycles. The van der Waals surface area contributed by atoms with Crippen molar-refractivity contribution in [3.8, 4) is 0 Å². The molecule has 0 bridgehead atoms. The second-order valence-electron chi connectivity index (χ2n) is 5.15. The van der Waals surface area contributed by atoms with E-state index >= 15 is 0 Å². The van der Waals surface area contributed by atoms with E-state index in [2.05, 4.69) is 5.32 Å². The zero-order valence-electron chi connectivity index (χ0n) is 11.3. The van der Waals surface area contributed by atoms with Gasteiger partial charge in [0.05, 0.1) is 19.8 Å². The number of aliphatic hydroxyl groups is 2. The molecular formula is C14H17NO6. The molecule has 0 unspecified atom stereocenters. The molecule has 0 aliphatic carbocycles. The van der Waals surface area contributed by atoms with Crippen LogP contribution in [0, 0.1) is 0 Å². The third kappa shape index (κ3) is 2.60. The maximum atomic E-state index is 11.4. The molecule has 0 aromatic heterocycles. The predicted molar refractivity (Wildman–Crippen MR) is 70.2 cm³/mol. The highest BCUT2D eigenvalue weighted by atomic mass is 16.7. The maximum Gasteiger partial charge on any atom is 0.410 e. The number of alkyl carbamates (subject to hydrolysis) is 1. The van der Waals surface area contributed by atoms with Gasteiger partial charge in [-0.05, 0) is 5.56 Å². The molecule has 0 saturated carbocycles. The van der Waals surface area contributed by atoms with Crippen LogP contribution in [0.15, 0.2) is 30.3 Å². The van der Waals surface area contributed by atoms with E-state index in [1.54, 1.807) is 0 Å². The monoisotopic (exact) mass is 295 g/mol. The Hall–Kier alpha value is -1.67. The largest absolute Gasteiger partial charge is 0.438 e. The molecule has 21 heavy (non-hydrogen) atoms. The van der Waals surface area contributed by atoms with Crippen molar-refractivity contribution in [1.82, 2.24) is 5.32 Å². The van der Waals surface area contributed by atoms with Gasteiger partial charge in [-0.25, -0.2) is 4.79 Å². The van der Waals surface area contributed by atoms with Gasteiger partial charge in [0.1, 0.15) is 12.2 Å². The van der Waals surface area contributed by atoms with Gasteiger partial charge in [-0.3, -0.25) is 5.32 Å². The van der Waals surface area contributed by atoms with Gasteiger partial charge in [0, 0.05) is 0 Å². The number of carbonyl (C=O) groups is 1. The van der Waals surface area contributed by atoms with Crippen LogP contribution in [0.3, 0.4) is 0 Å². The second-order valence-corrected chi connectivity index (χ2v) is 5.15. The number of amides is 1. The van der Waals surface area contributed by atoms with Crippen LogP contribution in [0.4, 0.5) is 4.79 Å². The molecule has 2 fully saturated rings. The molecule has 7 heteroatoms. The summed E-state index contributed by atoms with van der Waals surface area (Å²) in [5.74, 6) is 0. The summed E-state index contributed by atoms with van der Waals surface area (Å²) in [6.07, 6.45) is -3.46. The number of ether oxygens (including phenoxy) is 3. The molecule has 7 nitrogen and oxygen atoms in total.